The molecular formula is C9H9F3O3S. The lowest BCUT2D eigenvalue weighted by atomic mass is 10.1. The second-order valence-corrected chi connectivity index (χ2v) is 4.69. The second kappa shape index (κ2) is 4.06. The van der Waals surface area contributed by atoms with Crippen molar-refractivity contribution in [3.8, 4) is 0 Å². The lowest BCUT2D eigenvalue weighted by Gasteiger charge is -2.11. The standard InChI is InChI=1S/C9H9F3O3S/c1-6-3-2-4-7(5-9(10,11)12)8(6)16(13,14)15/h2-4H,5H2,1H3,(H,13,14,15). The van der Waals surface area contributed by atoms with Gasteiger partial charge in [0.05, 0.1) is 6.42 Å². The summed E-state index contributed by atoms with van der Waals surface area (Å²) in [5, 5.41) is 0. The number of hydrogen-bond acceptors (Lipinski definition) is 2. The fraction of sp³-hybridized carbons (Fsp3) is 0.333. The van der Waals surface area contributed by atoms with Gasteiger partial charge in [-0.25, -0.2) is 0 Å². The summed E-state index contributed by atoms with van der Waals surface area (Å²) in [6.45, 7) is 1.32. The Kier molecular flexibility index (Phi) is 3.30. The number of halogens is 3. The number of benzene rings is 1. The van der Waals surface area contributed by atoms with Gasteiger partial charge in [0.1, 0.15) is 4.90 Å². The highest BCUT2D eigenvalue weighted by molar-refractivity contribution is 7.86. The Morgan fingerprint density at radius 1 is 1.31 bits per heavy atom. The maximum absolute atomic E-state index is 12.2. The van der Waals surface area contributed by atoms with E-state index in [4.69, 9.17) is 4.55 Å². The Balaban J connectivity index is 3.36. The lowest BCUT2D eigenvalue weighted by molar-refractivity contribution is -0.127. The number of rotatable bonds is 2. The van der Waals surface area contributed by atoms with Crippen LogP contribution in [0, 0.1) is 6.92 Å². The van der Waals surface area contributed by atoms with Gasteiger partial charge in [0.15, 0.2) is 0 Å². The van der Waals surface area contributed by atoms with E-state index in [-0.39, 0.29) is 5.56 Å². The third-order valence-corrected chi connectivity index (χ3v) is 3.04. The zero-order valence-corrected chi connectivity index (χ0v) is 9.06. The largest absolute Gasteiger partial charge is 0.393 e. The molecule has 0 amide bonds. The Morgan fingerprint density at radius 3 is 2.31 bits per heavy atom. The van der Waals surface area contributed by atoms with E-state index in [1.165, 1.54) is 19.1 Å². The van der Waals surface area contributed by atoms with Gasteiger partial charge in [-0.05, 0) is 18.1 Å². The molecule has 0 bridgehead atoms. The van der Waals surface area contributed by atoms with Crippen LogP contribution in [-0.4, -0.2) is 19.1 Å². The predicted octanol–water partition coefficient (Wildman–Crippen LogP) is 2.35. The third kappa shape index (κ3) is 3.21. The first-order chi connectivity index (χ1) is 7.11. The molecule has 0 heterocycles. The number of alkyl halides is 3. The number of hydrogen-bond donors (Lipinski definition) is 1. The Hall–Kier alpha value is -1.08. The van der Waals surface area contributed by atoms with Crippen molar-refractivity contribution in [2.45, 2.75) is 24.4 Å². The molecule has 1 rings (SSSR count). The average molecular weight is 254 g/mol. The first kappa shape index (κ1) is 13.0. The molecule has 0 atom stereocenters. The van der Waals surface area contributed by atoms with E-state index in [1.54, 1.807) is 0 Å². The molecule has 0 radical (unpaired) electrons. The highest BCUT2D eigenvalue weighted by Crippen LogP contribution is 2.27. The molecule has 1 aromatic carbocycles. The van der Waals surface area contributed by atoms with Gasteiger partial charge >= 0.3 is 6.18 Å². The highest BCUT2D eigenvalue weighted by Gasteiger charge is 2.31. The topological polar surface area (TPSA) is 54.4 Å². The van der Waals surface area contributed by atoms with Crippen LogP contribution in [0.15, 0.2) is 23.1 Å². The van der Waals surface area contributed by atoms with E-state index in [2.05, 4.69) is 0 Å². The van der Waals surface area contributed by atoms with E-state index in [9.17, 15) is 21.6 Å². The van der Waals surface area contributed by atoms with Crippen LogP contribution in [0.4, 0.5) is 13.2 Å². The zero-order valence-electron chi connectivity index (χ0n) is 8.25. The molecule has 0 aliphatic carbocycles. The summed E-state index contributed by atoms with van der Waals surface area (Å²) in [4.78, 5) is -0.660. The summed E-state index contributed by atoms with van der Waals surface area (Å²) >= 11 is 0. The minimum Gasteiger partial charge on any atom is -0.282 e. The van der Waals surface area contributed by atoms with Crippen LogP contribution in [-0.2, 0) is 16.5 Å². The van der Waals surface area contributed by atoms with Crippen LogP contribution in [0.5, 0.6) is 0 Å². The molecule has 0 aliphatic rings. The van der Waals surface area contributed by atoms with Crippen LogP contribution >= 0.6 is 0 Å². The highest BCUT2D eigenvalue weighted by atomic mass is 32.2. The van der Waals surface area contributed by atoms with Crippen molar-refractivity contribution >= 4 is 10.1 Å². The van der Waals surface area contributed by atoms with Gasteiger partial charge in [-0.15, -0.1) is 0 Å². The maximum atomic E-state index is 12.2. The summed E-state index contributed by atoms with van der Waals surface area (Å²) in [6.07, 6.45) is -5.91. The fourth-order valence-corrected chi connectivity index (χ4v) is 2.38. The fourth-order valence-electron chi connectivity index (χ4n) is 1.44. The van der Waals surface area contributed by atoms with E-state index in [0.717, 1.165) is 6.07 Å². The maximum Gasteiger partial charge on any atom is 0.393 e. The van der Waals surface area contributed by atoms with Gasteiger partial charge in [0, 0.05) is 0 Å². The summed E-state index contributed by atoms with van der Waals surface area (Å²) in [5.41, 5.74) is -0.362. The molecule has 1 aromatic rings. The summed E-state index contributed by atoms with van der Waals surface area (Å²) < 4.78 is 67.2. The minimum atomic E-state index is -4.64. The molecule has 0 saturated carbocycles. The van der Waals surface area contributed by atoms with Crippen LogP contribution in [0.1, 0.15) is 11.1 Å². The average Bonchev–Trinajstić information content (AvgIpc) is 1.97. The van der Waals surface area contributed by atoms with Gasteiger partial charge in [0.2, 0.25) is 0 Å². The summed E-state index contributed by atoms with van der Waals surface area (Å²) in [5.74, 6) is 0. The lowest BCUT2D eigenvalue weighted by Crippen LogP contribution is -2.15. The van der Waals surface area contributed by atoms with E-state index in [0.29, 0.717) is 0 Å². The second-order valence-electron chi connectivity index (χ2n) is 3.33. The quantitative estimate of drug-likeness (QED) is 0.824. The molecule has 90 valence electrons. The first-order valence-corrected chi connectivity index (χ1v) is 5.68. The Bertz CT molecular complexity index is 491. The van der Waals surface area contributed by atoms with Crippen LogP contribution in [0.3, 0.4) is 0 Å². The normalized spacial score (nSPS) is 12.8. The van der Waals surface area contributed by atoms with Crippen molar-refractivity contribution in [3.63, 3.8) is 0 Å². The van der Waals surface area contributed by atoms with Gasteiger partial charge in [-0.1, -0.05) is 18.2 Å². The van der Waals surface area contributed by atoms with E-state index < -0.39 is 33.2 Å². The predicted molar refractivity (Wildman–Crippen MR) is 50.8 cm³/mol. The van der Waals surface area contributed by atoms with Crippen molar-refractivity contribution in [1.29, 1.82) is 0 Å². The molecular weight excluding hydrogens is 245 g/mol. The van der Waals surface area contributed by atoms with Gasteiger partial charge in [0.25, 0.3) is 10.1 Å². The minimum absolute atomic E-state index is 0.0873. The molecule has 0 unspecified atom stereocenters. The molecule has 7 heteroatoms. The molecule has 1 N–H and O–H groups in total. The monoisotopic (exact) mass is 254 g/mol. The zero-order chi connectivity index (χ0) is 12.6. The van der Waals surface area contributed by atoms with Gasteiger partial charge < -0.3 is 0 Å². The third-order valence-electron chi connectivity index (χ3n) is 1.94. The molecule has 0 aliphatic heterocycles. The van der Waals surface area contributed by atoms with Crippen molar-refractivity contribution in [3.05, 3.63) is 29.3 Å². The smallest absolute Gasteiger partial charge is 0.282 e. The van der Waals surface area contributed by atoms with Crippen LogP contribution < -0.4 is 0 Å². The molecule has 3 nitrogen and oxygen atoms in total. The van der Waals surface area contributed by atoms with E-state index in [1.807, 2.05) is 0 Å². The Morgan fingerprint density at radius 2 is 1.88 bits per heavy atom. The van der Waals surface area contributed by atoms with Crippen LogP contribution in [0.25, 0.3) is 0 Å². The van der Waals surface area contributed by atoms with Crippen molar-refractivity contribution in [1.82, 2.24) is 0 Å². The molecule has 0 spiro atoms. The number of aryl methyl sites for hydroxylation is 1. The van der Waals surface area contributed by atoms with Gasteiger partial charge in [-0.3, -0.25) is 4.55 Å². The summed E-state index contributed by atoms with van der Waals surface area (Å²) in [7, 11) is -4.64. The van der Waals surface area contributed by atoms with Crippen LogP contribution in [0.2, 0.25) is 0 Å². The first-order valence-electron chi connectivity index (χ1n) is 4.24. The van der Waals surface area contributed by atoms with Crippen molar-refractivity contribution in [2.24, 2.45) is 0 Å². The molecule has 16 heavy (non-hydrogen) atoms. The molecule has 0 fully saturated rings. The SMILES string of the molecule is Cc1cccc(CC(F)(F)F)c1S(=O)(=O)O. The Labute approximate surface area is 90.7 Å². The van der Waals surface area contributed by atoms with E-state index >= 15 is 0 Å². The van der Waals surface area contributed by atoms with Gasteiger partial charge in [-0.2, -0.15) is 21.6 Å². The van der Waals surface area contributed by atoms with Crippen molar-refractivity contribution < 1.29 is 26.1 Å². The molecule has 0 saturated heterocycles. The summed E-state index contributed by atoms with van der Waals surface area (Å²) in [6, 6.07) is 3.66. The van der Waals surface area contributed by atoms with Crippen molar-refractivity contribution in [2.75, 3.05) is 0 Å². The molecule has 0 aromatic heterocycles.